The summed E-state index contributed by atoms with van der Waals surface area (Å²) in [6.45, 7) is 0. The summed E-state index contributed by atoms with van der Waals surface area (Å²) < 4.78 is 56.6. The van der Waals surface area contributed by atoms with E-state index in [1.165, 1.54) is 36.4 Å². The molecule has 0 saturated heterocycles. The molecule has 6 N–H and O–H groups in total. The number of hydrogen-bond donors (Lipinski definition) is 6. The quantitative estimate of drug-likeness (QED) is 0.0900. The predicted octanol–water partition coefficient (Wildman–Crippen LogP) is 6.64. The van der Waals surface area contributed by atoms with Crippen LogP contribution in [0, 0.1) is 0 Å². The highest BCUT2D eigenvalue weighted by Gasteiger charge is 2.18. The van der Waals surface area contributed by atoms with E-state index in [1.54, 1.807) is 72.8 Å². The van der Waals surface area contributed by atoms with Gasteiger partial charge in [0.2, 0.25) is 0 Å². The standard InChI is InChI=1S/C35H26N4O9S2/c40-33(41)23-3-1-5-31(19-23)49(45,46)38-29-13-9-21-7-11-27(15-25(21)17-29)36-35(44)37-28-12-8-22-10-14-30(18-26(22)16-28)39-50(47,48)32-6-2-4-24(20-32)34(42)43/h1-20,38-39H,(H,40,41)(H,42,43)(H2,36,37,44). The lowest BCUT2D eigenvalue weighted by Gasteiger charge is -2.12. The monoisotopic (exact) mass is 710 g/mol. The summed E-state index contributed by atoms with van der Waals surface area (Å²) in [4.78, 5) is 35.1. The number of benzene rings is 6. The van der Waals surface area contributed by atoms with Gasteiger partial charge < -0.3 is 20.8 Å². The Morgan fingerprint density at radius 2 is 0.800 bits per heavy atom. The summed E-state index contributed by atoms with van der Waals surface area (Å²) in [5, 5.41) is 26.6. The fourth-order valence-electron chi connectivity index (χ4n) is 5.09. The maximum atomic E-state index is 12.9. The average molecular weight is 711 g/mol. The van der Waals surface area contributed by atoms with Crippen LogP contribution in [0.5, 0.6) is 0 Å². The van der Waals surface area contributed by atoms with Crippen molar-refractivity contribution in [3.05, 3.63) is 132 Å². The van der Waals surface area contributed by atoms with Crippen LogP contribution in [0.25, 0.3) is 21.5 Å². The fourth-order valence-corrected chi connectivity index (χ4v) is 7.28. The lowest BCUT2D eigenvalue weighted by molar-refractivity contribution is 0.0685. The molecule has 0 heterocycles. The highest BCUT2D eigenvalue weighted by Crippen LogP contribution is 2.27. The summed E-state index contributed by atoms with van der Waals surface area (Å²) in [5.74, 6) is -2.51. The van der Waals surface area contributed by atoms with Crippen molar-refractivity contribution in [2.24, 2.45) is 0 Å². The Labute approximate surface area is 285 Å². The zero-order chi connectivity index (χ0) is 35.6. The number of aromatic carboxylic acids is 2. The number of carbonyl (C=O) groups is 3. The highest BCUT2D eigenvalue weighted by molar-refractivity contribution is 7.93. The molecule has 252 valence electrons. The number of carbonyl (C=O) groups excluding carboxylic acids is 1. The van der Waals surface area contributed by atoms with Crippen molar-refractivity contribution in [3.63, 3.8) is 0 Å². The van der Waals surface area contributed by atoms with E-state index < -0.39 is 38.0 Å². The smallest absolute Gasteiger partial charge is 0.335 e. The molecule has 0 radical (unpaired) electrons. The van der Waals surface area contributed by atoms with Gasteiger partial charge in [0.15, 0.2) is 0 Å². The van der Waals surface area contributed by atoms with E-state index in [0.29, 0.717) is 22.1 Å². The van der Waals surface area contributed by atoms with Crippen molar-refractivity contribution in [2.45, 2.75) is 9.79 Å². The molecule has 0 bridgehead atoms. The Morgan fingerprint density at radius 1 is 0.440 bits per heavy atom. The Kier molecular flexibility index (Phi) is 8.84. The minimum absolute atomic E-state index is 0.168. The van der Waals surface area contributed by atoms with Crippen molar-refractivity contribution in [1.82, 2.24) is 0 Å². The molecule has 0 atom stereocenters. The molecule has 0 fully saturated rings. The molecule has 15 heteroatoms. The van der Waals surface area contributed by atoms with Gasteiger partial charge in [-0.15, -0.1) is 0 Å². The van der Waals surface area contributed by atoms with Crippen LogP contribution < -0.4 is 20.1 Å². The van der Waals surface area contributed by atoms with Crippen molar-refractivity contribution in [2.75, 3.05) is 20.1 Å². The first-order valence-electron chi connectivity index (χ1n) is 14.6. The number of urea groups is 1. The molecular weight excluding hydrogens is 685 g/mol. The normalized spacial score (nSPS) is 11.5. The molecule has 13 nitrogen and oxygen atoms in total. The van der Waals surface area contributed by atoms with Crippen LogP contribution in [0.2, 0.25) is 0 Å². The van der Waals surface area contributed by atoms with Crippen molar-refractivity contribution < 1.29 is 41.4 Å². The number of hydrogen-bond acceptors (Lipinski definition) is 7. The van der Waals surface area contributed by atoms with E-state index in [1.807, 2.05) is 0 Å². The maximum Gasteiger partial charge on any atom is 0.335 e. The number of anilines is 4. The molecule has 2 amide bonds. The van der Waals surface area contributed by atoms with Gasteiger partial charge in [0.1, 0.15) is 0 Å². The third kappa shape index (κ3) is 7.48. The largest absolute Gasteiger partial charge is 0.478 e. The molecule has 50 heavy (non-hydrogen) atoms. The number of sulfonamides is 2. The molecule has 0 aliphatic rings. The number of carboxylic acids is 2. The minimum atomic E-state index is -4.09. The Morgan fingerprint density at radius 3 is 1.18 bits per heavy atom. The number of nitrogens with one attached hydrogen (secondary N) is 4. The molecule has 0 saturated carbocycles. The minimum Gasteiger partial charge on any atom is -0.478 e. The van der Waals surface area contributed by atoms with Gasteiger partial charge in [-0.2, -0.15) is 0 Å². The van der Waals surface area contributed by atoms with Gasteiger partial charge in [-0.3, -0.25) is 9.44 Å². The van der Waals surface area contributed by atoms with Gasteiger partial charge in [-0.25, -0.2) is 31.2 Å². The van der Waals surface area contributed by atoms with Crippen LogP contribution in [0.1, 0.15) is 20.7 Å². The molecule has 0 aromatic heterocycles. The number of amides is 2. The number of fused-ring (bicyclic) bond motifs is 2. The van der Waals surface area contributed by atoms with E-state index in [9.17, 15) is 41.4 Å². The number of rotatable bonds is 10. The van der Waals surface area contributed by atoms with E-state index in [4.69, 9.17) is 0 Å². The number of carboxylic acid groups (broad SMARTS) is 2. The molecule has 6 aromatic carbocycles. The van der Waals surface area contributed by atoms with Gasteiger partial charge in [0, 0.05) is 22.7 Å². The van der Waals surface area contributed by atoms with Crippen LogP contribution in [0.3, 0.4) is 0 Å². The summed E-state index contributed by atoms with van der Waals surface area (Å²) in [6.07, 6.45) is 0. The average Bonchev–Trinajstić information content (AvgIpc) is 3.07. The van der Waals surface area contributed by atoms with E-state index in [-0.39, 0.29) is 32.3 Å². The summed E-state index contributed by atoms with van der Waals surface area (Å²) in [7, 11) is -8.19. The first kappa shape index (κ1) is 33.5. The predicted molar refractivity (Wildman–Crippen MR) is 189 cm³/mol. The second-order valence-corrected chi connectivity index (χ2v) is 14.4. The topological polar surface area (TPSA) is 208 Å². The van der Waals surface area contributed by atoms with Crippen LogP contribution in [-0.2, 0) is 20.0 Å². The van der Waals surface area contributed by atoms with E-state index >= 15 is 0 Å². The molecule has 0 aliphatic carbocycles. The summed E-state index contributed by atoms with van der Waals surface area (Å²) in [6, 6.07) is 29.2. The lowest BCUT2D eigenvalue weighted by atomic mass is 10.1. The Hall–Kier alpha value is -6.45. The molecule has 6 aromatic rings. The van der Waals surface area contributed by atoms with Crippen LogP contribution >= 0.6 is 0 Å². The lowest BCUT2D eigenvalue weighted by Crippen LogP contribution is -2.19. The maximum absolute atomic E-state index is 12.9. The van der Waals surface area contributed by atoms with Gasteiger partial charge >= 0.3 is 18.0 Å². The second kappa shape index (κ2) is 13.2. The fraction of sp³-hybridized carbons (Fsp3) is 0. The second-order valence-electron chi connectivity index (χ2n) is 11.0. The van der Waals surface area contributed by atoms with E-state index in [2.05, 4.69) is 20.1 Å². The first-order chi connectivity index (χ1) is 23.8. The molecule has 6 rings (SSSR count). The van der Waals surface area contributed by atoms with E-state index in [0.717, 1.165) is 22.9 Å². The third-order valence-electron chi connectivity index (χ3n) is 7.48. The summed E-state index contributed by atoms with van der Waals surface area (Å²) in [5.41, 5.74) is 0.943. The zero-order valence-corrected chi connectivity index (χ0v) is 27.2. The zero-order valence-electron chi connectivity index (χ0n) is 25.6. The Balaban J connectivity index is 1.15. The highest BCUT2D eigenvalue weighted by atomic mass is 32.2. The van der Waals surface area contributed by atoms with Gasteiger partial charge in [0.25, 0.3) is 20.0 Å². The first-order valence-corrected chi connectivity index (χ1v) is 17.6. The van der Waals surface area contributed by atoms with Crippen LogP contribution in [0.15, 0.2) is 131 Å². The van der Waals surface area contributed by atoms with Gasteiger partial charge in [0.05, 0.1) is 20.9 Å². The summed E-state index contributed by atoms with van der Waals surface area (Å²) >= 11 is 0. The van der Waals surface area contributed by atoms with Crippen molar-refractivity contribution >= 4 is 82.3 Å². The van der Waals surface area contributed by atoms with Crippen LogP contribution in [-0.4, -0.2) is 45.0 Å². The van der Waals surface area contributed by atoms with Crippen molar-refractivity contribution in [3.8, 4) is 0 Å². The molecular formula is C35H26N4O9S2. The molecule has 0 aliphatic heterocycles. The third-order valence-corrected chi connectivity index (χ3v) is 10.2. The molecule has 0 spiro atoms. The SMILES string of the molecule is O=C(Nc1ccc2ccc(NS(=O)(=O)c3cccc(C(=O)O)c3)cc2c1)Nc1ccc2ccc(NS(=O)(=O)c3cccc(C(=O)O)c3)cc2c1. The van der Waals surface area contributed by atoms with Gasteiger partial charge in [-0.05, 0) is 106 Å². The molecule has 0 unspecified atom stereocenters. The van der Waals surface area contributed by atoms with Crippen LogP contribution in [0.4, 0.5) is 27.5 Å². The van der Waals surface area contributed by atoms with Crippen molar-refractivity contribution in [1.29, 1.82) is 0 Å². The van der Waals surface area contributed by atoms with Gasteiger partial charge in [-0.1, -0.05) is 36.4 Å². The Bertz CT molecular complexity index is 2400.